The van der Waals surface area contributed by atoms with E-state index in [0.717, 1.165) is 27.6 Å². The molecule has 0 aliphatic carbocycles. The summed E-state index contributed by atoms with van der Waals surface area (Å²) in [6, 6.07) is 16.3. The van der Waals surface area contributed by atoms with Gasteiger partial charge in [-0.3, -0.25) is 9.59 Å². The van der Waals surface area contributed by atoms with E-state index in [1.54, 1.807) is 11.8 Å². The van der Waals surface area contributed by atoms with Crippen molar-refractivity contribution < 1.29 is 9.59 Å². The first kappa shape index (κ1) is 22.5. The number of nitrogens with one attached hydrogen (secondary N) is 1. The summed E-state index contributed by atoms with van der Waals surface area (Å²) in [6.07, 6.45) is 1.69. The van der Waals surface area contributed by atoms with Gasteiger partial charge in [-0.2, -0.15) is 0 Å². The standard InChI is InChI=1S/C24H26N4O2S2/c1-3-17-6-4-5-7-20(17)28-15-18(14-22(28)30)23-26-27-24(32-23)25-21(29)12-13-31-19-10-8-16(2)9-11-19/h4-11,18H,3,12-15H2,1-2H3,(H,25,27,29). The molecule has 0 radical (unpaired) electrons. The maximum atomic E-state index is 12.7. The zero-order valence-electron chi connectivity index (χ0n) is 18.2. The van der Waals surface area contributed by atoms with Crippen LogP contribution in [0.25, 0.3) is 0 Å². The second-order valence-corrected chi connectivity index (χ2v) is 9.97. The van der Waals surface area contributed by atoms with Crippen LogP contribution < -0.4 is 10.2 Å². The predicted octanol–water partition coefficient (Wildman–Crippen LogP) is 5.05. The smallest absolute Gasteiger partial charge is 0.227 e. The van der Waals surface area contributed by atoms with Crippen LogP contribution in [-0.2, 0) is 16.0 Å². The van der Waals surface area contributed by atoms with Crippen molar-refractivity contribution in [3.8, 4) is 0 Å². The fourth-order valence-electron chi connectivity index (χ4n) is 3.71. The molecule has 1 aromatic heterocycles. The number of carbonyl (C=O) groups is 2. The van der Waals surface area contributed by atoms with E-state index in [4.69, 9.17) is 0 Å². The molecule has 32 heavy (non-hydrogen) atoms. The summed E-state index contributed by atoms with van der Waals surface area (Å²) in [5, 5.41) is 12.5. The van der Waals surface area contributed by atoms with Crippen LogP contribution in [0.3, 0.4) is 0 Å². The Balaban J connectivity index is 1.31. The van der Waals surface area contributed by atoms with Gasteiger partial charge in [0.25, 0.3) is 0 Å². The molecule has 1 unspecified atom stereocenters. The predicted molar refractivity (Wildman–Crippen MR) is 131 cm³/mol. The lowest BCUT2D eigenvalue weighted by Crippen LogP contribution is -2.25. The van der Waals surface area contributed by atoms with Crippen molar-refractivity contribution >= 4 is 45.7 Å². The molecule has 3 aromatic rings. The molecular weight excluding hydrogens is 440 g/mol. The number of amides is 2. The second kappa shape index (κ2) is 10.3. The molecule has 1 atom stereocenters. The Bertz CT molecular complexity index is 1100. The number of nitrogens with zero attached hydrogens (tertiary/aromatic N) is 3. The van der Waals surface area contributed by atoms with E-state index < -0.39 is 0 Å². The average Bonchev–Trinajstić information content (AvgIpc) is 3.41. The summed E-state index contributed by atoms with van der Waals surface area (Å²) in [4.78, 5) is 28.0. The summed E-state index contributed by atoms with van der Waals surface area (Å²) in [5.41, 5.74) is 3.36. The molecular formula is C24H26N4O2S2. The van der Waals surface area contributed by atoms with E-state index in [2.05, 4.69) is 59.7 Å². The molecule has 2 aromatic carbocycles. The van der Waals surface area contributed by atoms with Gasteiger partial charge in [0.2, 0.25) is 16.9 Å². The van der Waals surface area contributed by atoms with Gasteiger partial charge in [-0.15, -0.1) is 22.0 Å². The maximum absolute atomic E-state index is 12.7. The molecule has 6 nitrogen and oxygen atoms in total. The first-order chi connectivity index (χ1) is 15.5. The van der Waals surface area contributed by atoms with Crippen LogP contribution in [-0.4, -0.2) is 34.3 Å². The first-order valence-corrected chi connectivity index (χ1v) is 12.5. The summed E-state index contributed by atoms with van der Waals surface area (Å²) in [6.45, 7) is 4.74. The molecule has 1 saturated heterocycles. The minimum Gasteiger partial charge on any atom is -0.311 e. The number of hydrogen-bond acceptors (Lipinski definition) is 6. The van der Waals surface area contributed by atoms with Crippen LogP contribution in [0.4, 0.5) is 10.8 Å². The molecule has 1 aliphatic rings. The van der Waals surface area contributed by atoms with E-state index in [1.807, 2.05) is 23.1 Å². The fraction of sp³-hybridized carbons (Fsp3) is 0.333. The normalized spacial score (nSPS) is 15.9. The summed E-state index contributed by atoms with van der Waals surface area (Å²) >= 11 is 3.02. The van der Waals surface area contributed by atoms with Gasteiger partial charge >= 0.3 is 0 Å². The van der Waals surface area contributed by atoms with Crippen LogP contribution in [0.5, 0.6) is 0 Å². The van der Waals surface area contributed by atoms with Gasteiger partial charge in [-0.1, -0.05) is 54.2 Å². The SMILES string of the molecule is CCc1ccccc1N1CC(c2nnc(NC(=O)CCSc3ccc(C)cc3)s2)CC1=O. The molecule has 0 spiro atoms. The Morgan fingerprint density at radius 3 is 2.75 bits per heavy atom. The highest BCUT2D eigenvalue weighted by Gasteiger charge is 2.34. The molecule has 0 saturated carbocycles. The molecule has 2 amide bonds. The van der Waals surface area contributed by atoms with E-state index in [9.17, 15) is 9.59 Å². The highest BCUT2D eigenvalue weighted by atomic mass is 32.2. The Labute approximate surface area is 196 Å². The number of thioether (sulfide) groups is 1. The van der Waals surface area contributed by atoms with Crippen molar-refractivity contribution in [3.63, 3.8) is 0 Å². The molecule has 166 valence electrons. The van der Waals surface area contributed by atoms with Gasteiger partial charge in [0.15, 0.2) is 0 Å². The van der Waals surface area contributed by atoms with Gasteiger partial charge in [0, 0.05) is 41.6 Å². The summed E-state index contributed by atoms with van der Waals surface area (Å²) in [7, 11) is 0. The van der Waals surface area contributed by atoms with E-state index in [1.165, 1.54) is 16.9 Å². The minimum absolute atomic E-state index is 0.00680. The van der Waals surface area contributed by atoms with Crippen molar-refractivity contribution in [3.05, 3.63) is 64.7 Å². The number of para-hydroxylation sites is 1. The topological polar surface area (TPSA) is 75.2 Å². The van der Waals surface area contributed by atoms with E-state index >= 15 is 0 Å². The van der Waals surface area contributed by atoms with Crippen LogP contribution >= 0.6 is 23.1 Å². The largest absolute Gasteiger partial charge is 0.311 e. The number of aryl methyl sites for hydroxylation is 2. The minimum atomic E-state index is -0.0756. The Hall–Kier alpha value is -2.71. The third kappa shape index (κ3) is 5.37. The Morgan fingerprint density at radius 1 is 1.19 bits per heavy atom. The molecule has 4 rings (SSSR count). The zero-order chi connectivity index (χ0) is 22.5. The average molecular weight is 467 g/mol. The Morgan fingerprint density at radius 2 is 1.97 bits per heavy atom. The highest BCUT2D eigenvalue weighted by molar-refractivity contribution is 7.99. The van der Waals surface area contributed by atoms with Gasteiger partial charge in [-0.25, -0.2) is 0 Å². The van der Waals surface area contributed by atoms with Crippen LogP contribution in [0.1, 0.15) is 41.8 Å². The second-order valence-electron chi connectivity index (χ2n) is 7.79. The maximum Gasteiger partial charge on any atom is 0.227 e. The Kier molecular flexibility index (Phi) is 7.22. The number of hydrogen-bond donors (Lipinski definition) is 1. The monoisotopic (exact) mass is 466 g/mol. The van der Waals surface area contributed by atoms with Gasteiger partial charge in [0.05, 0.1) is 0 Å². The number of anilines is 2. The van der Waals surface area contributed by atoms with Gasteiger partial charge in [-0.05, 0) is 37.1 Å². The van der Waals surface area contributed by atoms with Crippen molar-refractivity contribution in [2.75, 3.05) is 22.5 Å². The van der Waals surface area contributed by atoms with Crippen molar-refractivity contribution in [1.29, 1.82) is 0 Å². The van der Waals surface area contributed by atoms with Crippen LogP contribution in [0.15, 0.2) is 53.4 Å². The third-order valence-electron chi connectivity index (χ3n) is 5.44. The molecule has 1 N–H and O–H groups in total. The quantitative estimate of drug-likeness (QED) is 0.470. The van der Waals surface area contributed by atoms with Crippen molar-refractivity contribution in [2.45, 2.75) is 43.9 Å². The van der Waals surface area contributed by atoms with Gasteiger partial charge < -0.3 is 10.2 Å². The number of benzene rings is 2. The van der Waals surface area contributed by atoms with Gasteiger partial charge in [0.1, 0.15) is 5.01 Å². The molecule has 1 aliphatic heterocycles. The zero-order valence-corrected chi connectivity index (χ0v) is 19.8. The molecule has 0 bridgehead atoms. The molecule has 1 fully saturated rings. The van der Waals surface area contributed by atoms with Crippen molar-refractivity contribution in [1.82, 2.24) is 10.2 Å². The lowest BCUT2D eigenvalue weighted by atomic mass is 10.1. The van der Waals surface area contributed by atoms with Crippen LogP contribution in [0.2, 0.25) is 0 Å². The summed E-state index contributed by atoms with van der Waals surface area (Å²) < 4.78 is 0. The lowest BCUT2D eigenvalue weighted by Gasteiger charge is -2.19. The molecule has 8 heteroatoms. The number of aromatic nitrogens is 2. The van der Waals surface area contributed by atoms with Crippen LogP contribution in [0, 0.1) is 6.92 Å². The van der Waals surface area contributed by atoms with E-state index in [-0.39, 0.29) is 17.7 Å². The third-order valence-corrected chi connectivity index (χ3v) is 7.46. The fourth-order valence-corrected chi connectivity index (χ4v) is 5.41. The van der Waals surface area contributed by atoms with Crippen molar-refractivity contribution in [2.24, 2.45) is 0 Å². The number of carbonyl (C=O) groups excluding carboxylic acids is 2. The lowest BCUT2D eigenvalue weighted by molar-refractivity contribution is -0.117. The highest BCUT2D eigenvalue weighted by Crippen LogP contribution is 2.35. The number of rotatable bonds is 8. The molecule has 2 heterocycles. The van der Waals surface area contributed by atoms with E-state index in [0.29, 0.717) is 30.3 Å². The summed E-state index contributed by atoms with van der Waals surface area (Å²) in [5.74, 6) is 0.717. The first-order valence-electron chi connectivity index (χ1n) is 10.7.